The molecular formula is C32H36BNa. The molecule has 0 aliphatic heterocycles. The molecule has 0 aromatic heterocycles. The summed E-state index contributed by atoms with van der Waals surface area (Å²) >= 11 is 0. The van der Waals surface area contributed by atoms with Crippen molar-refractivity contribution in [3.05, 3.63) is 117 Å². The van der Waals surface area contributed by atoms with E-state index >= 15 is 0 Å². The first-order valence-electron chi connectivity index (χ1n) is 12.1. The molecule has 0 heterocycles. The van der Waals surface area contributed by atoms with Crippen LogP contribution in [0.25, 0.3) is 0 Å². The van der Waals surface area contributed by atoms with Gasteiger partial charge in [-0.25, -0.2) is 0 Å². The molecule has 34 heavy (non-hydrogen) atoms. The maximum Gasteiger partial charge on any atom is 1.00 e. The minimum atomic E-state index is -1.38. The summed E-state index contributed by atoms with van der Waals surface area (Å²) in [7, 11) is 0. The van der Waals surface area contributed by atoms with Gasteiger partial charge in [-0.05, 0) is 55.4 Å². The monoisotopic (exact) mass is 454 g/mol. The maximum absolute atomic E-state index is 2.39. The van der Waals surface area contributed by atoms with E-state index in [-0.39, 0.29) is 29.6 Å². The molecule has 0 atom stereocenters. The van der Waals surface area contributed by atoms with Crippen LogP contribution in [0.3, 0.4) is 0 Å². The predicted molar refractivity (Wildman–Crippen MR) is 148 cm³/mol. The van der Waals surface area contributed by atoms with Crippen LogP contribution in [0, 0.1) is 55.4 Å². The molecule has 0 aliphatic carbocycles. The summed E-state index contributed by atoms with van der Waals surface area (Å²) in [6.07, 6.45) is -1.38. The summed E-state index contributed by atoms with van der Waals surface area (Å²) in [5.74, 6) is 0. The molecule has 0 saturated carbocycles. The zero-order valence-corrected chi connectivity index (χ0v) is 24.5. The number of hydrogen-bond acceptors (Lipinski definition) is 0. The van der Waals surface area contributed by atoms with E-state index in [1.807, 2.05) is 0 Å². The van der Waals surface area contributed by atoms with Crippen molar-refractivity contribution in [2.24, 2.45) is 0 Å². The van der Waals surface area contributed by atoms with Crippen molar-refractivity contribution in [1.29, 1.82) is 0 Å². The quantitative estimate of drug-likeness (QED) is 0.416. The van der Waals surface area contributed by atoms with Gasteiger partial charge in [0.1, 0.15) is 6.15 Å². The molecule has 0 amide bonds. The third-order valence-electron chi connectivity index (χ3n) is 7.57. The standard InChI is InChI=1S/C32H36B.Na/c1-21-9-13-29(25(5)17-21)33(30-14-10-22(2)18-26(30)6,31-15-11-23(3)19-27(31)7)32-16-12-24(4)20-28(32)8;/h9-20H,1-8H3;/q-1;+1. The van der Waals surface area contributed by atoms with Gasteiger partial charge in [0.05, 0.1) is 0 Å². The molecule has 2 heteroatoms. The van der Waals surface area contributed by atoms with Gasteiger partial charge in [-0.2, -0.15) is 21.9 Å². The Morgan fingerprint density at radius 3 is 0.735 bits per heavy atom. The van der Waals surface area contributed by atoms with E-state index in [0.717, 1.165) is 0 Å². The van der Waals surface area contributed by atoms with Crippen molar-refractivity contribution in [3.63, 3.8) is 0 Å². The van der Waals surface area contributed by atoms with Gasteiger partial charge in [0.15, 0.2) is 0 Å². The molecule has 4 aromatic rings. The third kappa shape index (κ3) is 4.59. The van der Waals surface area contributed by atoms with E-state index in [4.69, 9.17) is 0 Å². The fourth-order valence-electron chi connectivity index (χ4n) is 6.25. The minimum absolute atomic E-state index is 0. The van der Waals surface area contributed by atoms with Gasteiger partial charge >= 0.3 is 29.6 Å². The van der Waals surface area contributed by atoms with E-state index in [1.165, 1.54) is 66.4 Å². The summed E-state index contributed by atoms with van der Waals surface area (Å²) in [6.45, 7) is 17.9. The van der Waals surface area contributed by atoms with Crippen LogP contribution in [0.15, 0.2) is 72.8 Å². The Kier molecular flexibility index (Phi) is 8.03. The van der Waals surface area contributed by atoms with Crippen molar-refractivity contribution >= 4 is 28.0 Å². The summed E-state index contributed by atoms with van der Waals surface area (Å²) < 4.78 is 0. The van der Waals surface area contributed by atoms with Crippen molar-refractivity contribution in [1.82, 2.24) is 0 Å². The SMILES string of the molecule is Cc1ccc([B-](c2ccc(C)cc2C)(c2ccc(C)cc2C)c2ccc(C)cc2C)c(C)c1.[Na+]. The van der Waals surface area contributed by atoms with Gasteiger partial charge < -0.3 is 0 Å². The Morgan fingerprint density at radius 1 is 0.353 bits per heavy atom. The zero-order valence-electron chi connectivity index (χ0n) is 22.5. The van der Waals surface area contributed by atoms with Crippen LogP contribution in [0.1, 0.15) is 44.5 Å². The predicted octanol–water partition coefficient (Wildman–Crippen LogP) is 2.54. The first-order valence-corrected chi connectivity index (χ1v) is 12.1. The molecule has 4 rings (SSSR count). The number of aryl methyl sites for hydroxylation is 8. The van der Waals surface area contributed by atoms with Gasteiger partial charge in [-0.15, -0.1) is 0 Å². The van der Waals surface area contributed by atoms with E-state index in [0.29, 0.717) is 0 Å². The van der Waals surface area contributed by atoms with Crippen LogP contribution in [0.4, 0.5) is 0 Å². The van der Waals surface area contributed by atoms with Crippen LogP contribution in [-0.4, -0.2) is 6.15 Å². The van der Waals surface area contributed by atoms with Gasteiger partial charge in [-0.1, -0.05) is 117 Å². The minimum Gasteiger partial charge on any atom is -0.192 e. The second kappa shape index (κ2) is 10.3. The molecule has 4 aromatic carbocycles. The smallest absolute Gasteiger partial charge is 0.192 e. The average Bonchev–Trinajstić information content (AvgIpc) is 2.72. The Bertz CT molecular complexity index is 1140. The van der Waals surface area contributed by atoms with E-state index in [1.54, 1.807) is 0 Å². The van der Waals surface area contributed by atoms with E-state index in [2.05, 4.69) is 128 Å². The molecule has 0 nitrogen and oxygen atoms in total. The fourth-order valence-corrected chi connectivity index (χ4v) is 6.25. The zero-order chi connectivity index (χ0) is 23.9. The second-order valence-corrected chi connectivity index (χ2v) is 10.3. The van der Waals surface area contributed by atoms with Crippen molar-refractivity contribution in [3.8, 4) is 0 Å². The molecule has 0 fully saturated rings. The van der Waals surface area contributed by atoms with E-state index in [9.17, 15) is 0 Å². The average molecular weight is 454 g/mol. The van der Waals surface area contributed by atoms with Crippen LogP contribution in [-0.2, 0) is 0 Å². The maximum atomic E-state index is 2.39. The van der Waals surface area contributed by atoms with Crippen molar-refractivity contribution in [2.75, 3.05) is 0 Å². The summed E-state index contributed by atoms with van der Waals surface area (Å²) in [6, 6.07) is 28.1. The topological polar surface area (TPSA) is 0 Å². The van der Waals surface area contributed by atoms with Crippen LogP contribution < -0.4 is 51.4 Å². The largest absolute Gasteiger partial charge is 1.00 e. The molecule has 0 spiro atoms. The van der Waals surface area contributed by atoms with Crippen molar-refractivity contribution in [2.45, 2.75) is 55.4 Å². The number of rotatable bonds is 4. The summed E-state index contributed by atoms with van der Waals surface area (Å²) in [5.41, 5.74) is 16.3. The number of hydrogen-bond donors (Lipinski definition) is 0. The van der Waals surface area contributed by atoms with Gasteiger partial charge in [0.2, 0.25) is 0 Å². The van der Waals surface area contributed by atoms with E-state index < -0.39 is 6.15 Å². The molecule has 0 radical (unpaired) electrons. The van der Waals surface area contributed by atoms with Crippen molar-refractivity contribution < 1.29 is 29.6 Å². The Labute approximate surface area is 229 Å². The summed E-state index contributed by atoms with van der Waals surface area (Å²) in [5, 5.41) is 0. The fraction of sp³-hybridized carbons (Fsp3) is 0.250. The molecule has 168 valence electrons. The molecule has 0 saturated heterocycles. The third-order valence-corrected chi connectivity index (χ3v) is 7.57. The molecule has 0 unspecified atom stereocenters. The van der Waals surface area contributed by atoms with Gasteiger partial charge in [0, 0.05) is 0 Å². The normalized spacial score (nSPS) is 11.3. The van der Waals surface area contributed by atoms with Gasteiger partial charge in [0.25, 0.3) is 0 Å². The Morgan fingerprint density at radius 2 is 0.559 bits per heavy atom. The first-order chi connectivity index (χ1) is 15.6. The number of benzene rings is 4. The Balaban J connectivity index is 0.00000324. The van der Waals surface area contributed by atoms with Crippen LogP contribution in [0.2, 0.25) is 0 Å². The van der Waals surface area contributed by atoms with Crippen LogP contribution in [0.5, 0.6) is 0 Å². The molecule has 0 bridgehead atoms. The van der Waals surface area contributed by atoms with Crippen LogP contribution >= 0.6 is 0 Å². The first kappa shape index (κ1) is 26.5. The molecule has 0 aliphatic rings. The summed E-state index contributed by atoms with van der Waals surface area (Å²) in [4.78, 5) is 0. The van der Waals surface area contributed by atoms with Gasteiger partial charge in [-0.3, -0.25) is 0 Å². The second-order valence-electron chi connectivity index (χ2n) is 10.3. The molecule has 0 N–H and O–H groups in total. The molecular weight excluding hydrogens is 418 g/mol. The Hall–Kier alpha value is -2.06.